The molecule has 0 aliphatic carbocycles. The lowest BCUT2D eigenvalue weighted by molar-refractivity contribution is 0.557. The Morgan fingerprint density at radius 2 is 2.57 bits per heavy atom. The van der Waals surface area contributed by atoms with Gasteiger partial charge in [-0.05, 0) is 30.7 Å². The van der Waals surface area contributed by atoms with Crippen molar-refractivity contribution >= 4 is 11.8 Å². The summed E-state index contributed by atoms with van der Waals surface area (Å²) in [6, 6.07) is 2.95. The number of nitrogens with zero attached hydrogens (tertiary/aromatic N) is 1. The molecule has 14 heavy (non-hydrogen) atoms. The minimum Gasteiger partial charge on any atom is -0.354 e. The van der Waals surface area contributed by atoms with Crippen LogP contribution in [-0.2, 0) is 13.1 Å². The molecule has 1 saturated heterocycles. The highest BCUT2D eigenvalue weighted by atomic mass is 32.2. The fourth-order valence-corrected chi connectivity index (χ4v) is 2.94. The van der Waals surface area contributed by atoms with Gasteiger partial charge < -0.3 is 9.88 Å². The van der Waals surface area contributed by atoms with Gasteiger partial charge >= 0.3 is 0 Å². The van der Waals surface area contributed by atoms with Crippen LogP contribution in [0.15, 0.2) is 18.5 Å². The fourth-order valence-electron chi connectivity index (χ4n) is 1.75. The summed E-state index contributed by atoms with van der Waals surface area (Å²) < 4.78 is 2.22. The summed E-state index contributed by atoms with van der Waals surface area (Å²) in [7, 11) is 0. The topological polar surface area (TPSA) is 17.0 Å². The van der Waals surface area contributed by atoms with Crippen molar-refractivity contribution in [2.24, 2.45) is 0 Å². The van der Waals surface area contributed by atoms with Crippen molar-refractivity contribution in [2.75, 3.05) is 11.5 Å². The molecule has 1 N–H and O–H groups in total. The van der Waals surface area contributed by atoms with Crippen molar-refractivity contribution in [3.05, 3.63) is 24.0 Å². The molecule has 1 fully saturated rings. The van der Waals surface area contributed by atoms with Gasteiger partial charge in [-0.1, -0.05) is 0 Å². The van der Waals surface area contributed by atoms with Crippen LogP contribution in [-0.4, -0.2) is 22.1 Å². The van der Waals surface area contributed by atoms with Crippen molar-refractivity contribution in [1.29, 1.82) is 0 Å². The van der Waals surface area contributed by atoms with E-state index in [4.69, 9.17) is 0 Å². The van der Waals surface area contributed by atoms with Gasteiger partial charge in [-0.3, -0.25) is 0 Å². The van der Waals surface area contributed by atoms with Crippen LogP contribution in [0.2, 0.25) is 0 Å². The summed E-state index contributed by atoms with van der Waals surface area (Å²) in [5.41, 5.74) is 1.41. The van der Waals surface area contributed by atoms with E-state index in [0.717, 1.165) is 19.1 Å². The Hall–Kier alpha value is -0.410. The van der Waals surface area contributed by atoms with Gasteiger partial charge in [0.05, 0.1) is 0 Å². The third kappa shape index (κ3) is 2.55. The zero-order valence-corrected chi connectivity index (χ0v) is 9.52. The van der Waals surface area contributed by atoms with Crippen LogP contribution in [0.1, 0.15) is 18.9 Å². The Labute approximate surface area is 90.1 Å². The lowest BCUT2D eigenvalue weighted by Gasteiger charge is -2.09. The third-order valence-corrected chi connectivity index (χ3v) is 3.86. The number of aryl methyl sites for hydroxylation is 1. The van der Waals surface area contributed by atoms with Crippen LogP contribution in [0.4, 0.5) is 0 Å². The molecule has 2 rings (SSSR count). The minimum absolute atomic E-state index is 0.741. The van der Waals surface area contributed by atoms with E-state index in [1.807, 2.05) is 0 Å². The van der Waals surface area contributed by atoms with Gasteiger partial charge in [0, 0.05) is 37.3 Å². The first-order valence-corrected chi connectivity index (χ1v) is 6.49. The maximum Gasteiger partial charge on any atom is 0.0223 e. The largest absolute Gasteiger partial charge is 0.354 e. The number of hydrogen-bond acceptors (Lipinski definition) is 2. The highest BCUT2D eigenvalue weighted by Gasteiger charge is 2.14. The molecule has 1 unspecified atom stereocenters. The van der Waals surface area contributed by atoms with E-state index >= 15 is 0 Å². The Morgan fingerprint density at radius 3 is 3.21 bits per heavy atom. The van der Waals surface area contributed by atoms with E-state index in [0.29, 0.717) is 0 Å². The van der Waals surface area contributed by atoms with E-state index in [1.54, 1.807) is 0 Å². The van der Waals surface area contributed by atoms with Gasteiger partial charge in [-0.2, -0.15) is 11.8 Å². The molecular weight excluding hydrogens is 192 g/mol. The highest BCUT2D eigenvalue weighted by Crippen LogP contribution is 2.17. The number of hydrogen-bond donors (Lipinski definition) is 1. The van der Waals surface area contributed by atoms with Crippen molar-refractivity contribution < 1.29 is 0 Å². The monoisotopic (exact) mass is 210 g/mol. The lowest BCUT2D eigenvalue weighted by Crippen LogP contribution is -2.27. The number of thioether (sulfide) groups is 1. The van der Waals surface area contributed by atoms with Gasteiger partial charge in [0.15, 0.2) is 0 Å². The van der Waals surface area contributed by atoms with Crippen LogP contribution in [0.25, 0.3) is 0 Å². The molecule has 0 spiro atoms. The normalized spacial score (nSPS) is 21.6. The Balaban J connectivity index is 1.79. The summed E-state index contributed by atoms with van der Waals surface area (Å²) in [6.45, 7) is 4.27. The molecule has 1 atom stereocenters. The Morgan fingerprint density at radius 1 is 1.64 bits per heavy atom. The molecule has 0 radical (unpaired) electrons. The smallest absolute Gasteiger partial charge is 0.0223 e. The second-order valence-electron chi connectivity index (χ2n) is 3.79. The van der Waals surface area contributed by atoms with Gasteiger partial charge in [0.2, 0.25) is 0 Å². The molecule has 1 aromatic heterocycles. The molecule has 2 heterocycles. The first kappa shape index (κ1) is 10.1. The molecule has 1 aliphatic rings. The van der Waals surface area contributed by atoms with E-state index in [9.17, 15) is 0 Å². The maximum absolute atomic E-state index is 3.60. The van der Waals surface area contributed by atoms with E-state index < -0.39 is 0 Å². The zero-order chi connectivity index (χ0) is 9.80. The standard InChI is InChI=1S/C11H18N2S/c1-2-13-5-3-10(8-13)7-12-11-4-6-14-9-11/h3,5,8,11-12H,2,4,6-7,9H2,1H3. The van der Waals surface area contributed by atoms with Crippen molar-refractivity contribution in [3.63, 3.8) is 0 Å². The molecule has 3 heteroatoms. The average Bonchev–Trinajstić information content (AvgIpc) is 2.86. The predicted molar refractivity (Wildman–Crippen MR) is 62.7 cm³/mol. The summed E-state index contributed by atoms with van der Waals surface area (Å²) in [4.78, 5) is 0. The van der Waals surface area contributed by atoms with Gasteiger partial charge in [0.1, 0.15) is 0 Å². The molecule has 0 aromatic carbocycles. The molecular formula is C11H18N2S. The highest BCUT2D eigenvalue weighted by molar-refractivity contribution is 7.99. The van der Waals surface area contributed by atoms with E-state index in [2.05, 4.69) is 47.0 Å². The molecule has 0 bridgehead atoms. The second-order valence-corrected chi connectivity index (χ2v) is 4.94. The van der Waals surface area contributed by atoms with Gasteiger partial charge in [0.25, 0.3) is 0 Å². The van der Waals surface area contributed by atoms with Crippen molar-refractivity contribution in [3.8, 4) is 0 Å². The van der Waals surface area contributed by atoms with Crippen LogP contribution in [0, 0.1) is 0 Å². The number of nitrogens with one attached hydrogen (secondary N) is 1. The van der Waals surface area contributed by atoms with Crippen LogP contribution >= 0.6 is 11.8 Å². The first-order valence-electron chi connectivity index (χ1n) is 5.34. The quantitative estimate of drug-likeness (QED) is 0.819. The number of rotatable bonds is 4. The SMILES string of the molecule is CCn1ccc(CNC2CCSC2)c1. The number of aromatic nitrogens is 1. The van der Waals surface area contributed by atoms with Crippen LogP contribution in [0.3, 0.4) is 0 Å². The Kier molecular flexibility index (Phi) is 3.54. The molecule has 0 saturated carbocycles. The van der Waals surface area contributed by atoms with Gasteiger partial charge in [-0.15, -0.1) is 0 Å². The maximum atomic E-state index is 3.60. The molecule has 2 nitrogen and oxygen atoms in total. The third-order valence-electron chi connectivity index (χ3n) is 2.70. The van der Waals surface area contributed by atoms with Gasteiger partial charge in [-0.25, -0.2) is 0 Å². The molecule has 0 amide bonds. The van der Waals surface area contributed by atoms with E-state index in [1.165, 1.54) is 23.5 Å². The zero-order valence-electron chi connectivity index (χ0n) is 8.70. The average molecular weight is 210 g/mol. The molecule has 1 aromatic rings. The summed E-state index contributed by atoms with van der Waals surface area (Å²) in [6.07, 6.45) is 5.72. The lowest BCUT2D eigenvalue weighted by atomic mass is 10.2. The van der Waals surface area contributed by atoms with Crippen molar-refractivity contribution in [2.45, 2.75) is 32.5 Å². The first-order chi connectivity index (χ1) is 6.88. The predicted octanol–water partition coefficient (Wildman–Crippen LogP) is 2.10. The Bertz CT molecular complexity index is 277. The van der Waals surface area contributed by atoms with E-state index in [-0.39, 0.29) is 0 Å². The summed E-state index contributed by atoms with van der Waals surface area (Å²) >= 11 is 2.06. The fraction of sp³-hybridized carbons (Fsp3) is 0.636. The second kappa shape index (κ2) is 4.89. The summed E-state index contributed by atoms with van der Waals surface area (Å²) in [5.74, 6) is 2.61. The van der Waals surface area contributed by atoms with Crippen molar-refractivity contribution in [1.82, 2.24) is 9.88 Å². The van der Waals surface area contributed by atoms with Crippen LogP contribution < -0.4 is 5.32 Å². The summed E-state index contributed by atoms with van der Waals surface area (Å²) in [5, 5.41) is 3.60. The molecule has 1 aliphatic heterocycles. The molecule has 78 valence electrons. The minimum atomic E-state index is 0.741. The van der Waals surface area contributed by atoms with Crippen LogP contribution in [0.5, 0.6) is 0 Å².